The van der Waals surface area contributed by atoms with Crippen molar-refractivity contribution in [3.8, 4) is 0 Å². The molecular formula is C13H21F3O3. The van der Waals surface area contributed by atoms with Crippen LogP contribution in [0.15, 0.2) is 0 Å². The fraction of sp³-hybridized carbons (Fsp3) is 0.923. The first-order valence-corrected chi connectivity index (χ1v) is 6.87. The Bertz CT molecular complexity index is 266. The number of carbonyl (C=O) groups is 1. The molecule has 1 fully saturated rings. The number of unbranched alkanes of at least 4 members (excludes halogenated alkanes) is 6. The molecule has 0 spiro atoms. The highest BCUT2D eigenvalue weighted by atomic mass is 19.4. The van der Waals surface area contributed by atoms with Gasteiger partial charge in [-0.2, -0.15) is 13.2 Å². The summed E-state index contributed by atoms with van der Waals surface area (Å²) in [6.07, 6.45) is 1.14. The number of hydrogen-bond donors (Lipinski definition) is 0. The minimum Gasteiger partial charge on any atom is -0.430 e. The lowest BCUT2D eigenvalue weighted by molar-refractivity contribution is -0.135. The lowest BCUT2D eigenvalue weighted by Gasteiger charge is -2.06. The van der Waals surface area contributed by atoms with Crippen molar-refractivity contribution < 1.29 is 27.4 Å². The predicted octanol–water partition coefficient (Wildman–Crippen LogP) is 4.60. The maximum absolute atomic E-state index is 11.9. The molecule has 19 heavy (non-hydrogen) atoms. The Labute approximate surface area is 111 Å². The second kappa shape index (κ2) is 8.27. The van der Waals surface area contributed by atoms with Crippen LogP contribution < -0.4 is 0 Å². The number of cyclic esters (lactones) is 2. The summed E-state index contributed by atoms with van der Waals surface area (Å²) in [6, 6.07) is 0. The fourth-order valence-electron chi connectivity index (χ4n) is 2.09. The van der Waals surface area contributed by atoms with E-state index < -0.39 is 18.8 Å². The highest BCUT2D eigenvalue weighted by molar-refractivity contribution is 5.61. The van der Waals surface area contributed by atoms with Gasteiger partial charge in [0.15, 0.2) is 0 Å². The summed E-state index contributed by atoms with van der Waals surface area (Å²) in [5.41, 5.74) is 0. The van der Waals surface area contributed by atoms with Gasteiger partial charge in [0.05, 0.1) is 0 Å². The van der Waals surface area contributed by atoms with Crippen LogP contribution in [-0.2, 0) is 9.47 Å². The van der Waals surface area contributed by atoms with Crippen molar-refractivity contribution in [2.24, 2.45) is 0 Å². The highest BCUT2D eigenvalue weighted by Gasteiger charge is 2.25. The van der Waals surface area contributed by atoms with Crippen molar-refractivity contribution in [1.82, 2.24) is 0 Å². The van der Waals surface area contributed by atoms with Gasteiger partial charge in [0.25, 0.3) is 0 Å². The van der Waals surface area contributed by atoms with E-state index in [2.05, 4.69) is 4.74 Å². The average molecular weight is 282 g/mol. The van der Waals surface area contributed by atoms with Crippen LogP contribution in [0, 0.1) is 0 Å². The van der Waals surface area contributed by atoms with Crippen LogP contribution in [0.3, 0.4) is 0 Å². The average Bonchev–Trinajstić information content (AvgIpc) is 2.71. The van der Waals surface area contributed by atoms with Crippen molar-refractivity contribution in [2.45, 2.75) is 70.1 Å². The summed E-state index contributed by atoms with van der Waals surface area (Å²) >= 11 is 0. The molecule has 1 aliphatic rings. The van der Waals surface area contributed by atoms with Crippen LogP contribution >= 0.6 is 0 Å². The van der Waals surface area contributed by atoms with E-state index in [1.807, 2.05) is 0 Å². The quantitative estimate of drug-likeness (QED) is 0.458. The van der Waals surface area contributed by atoms with Gasteiger partial charge in [-0.15, -0.1) is 0 Å². The molecule has 0 aromatic carbocycles. The number of alkyl halides is 3. The first-order chi connectivity index (χ1) is 8.97. The first kappa shape index (κ1) is 16.1. The number of rotatable bonds is 9. The second-order valence-corrected chi connectivity index (χ2v) is 4.93. The SMILES string of the molecule is O=C1OCC(CCCCCCCCCC(F)(F)F)O1. The number of carbonyl (C=O) groups excluding carboxylic acids is 1. The van der Waals surface area contributed by atoms with Crippen LogP contribution in [0.5, 0.6) is 0 Å². The third-order valence-electron chi connectivity index (χ3n) is 3.14. The zero-order chi connectivity index (χ0) is 14.1. The number of ether oxygens (including phenoxy) is 2. The Morgan fingerprint density at radius 1 is 1.00 bits per heavy atom. The van der Waals surface area contributed by atoms with Gasteiger partial charge in [-0.1, -0.05) is 32.1 Å². The molecule has 1 unspecified atom stereocenters. The molecule has 112 valence electrons. The standard InChI is InChI=1S/C13H21F3O3/c14-13(15,16)9-7-5-3-1-2-4-6-8-11-10-18-12(17)19-11/h11H,1-10H2. The van der Waals surface area contributed by atoms with Gasteiger partial charge in [-0.3, -0.25) is 0 Å². The maximum Gasteiger partial charge on any atom is 0.508 e. The summed E-state index contributed by atoms with van der Waals surface area (Å²) in [7, 11) is 0. The van der Waals surface area contributed by atoms with E-state index in [-0.39, 0.29) is 12.5 Å². The molecule has 0 aliphatic carbocycles. The Kier molecular flexibility index (Phi) is 7.02. The Morgan fingerprint density at radius 3 is 2.11 bits per heavy atom. The number of halogens is 3. The third-order valence-corrected chi connectivity index (χ3v) is 3.14. The fourth-order valence-corrected chi connectivity index (χ4v) is 2.09. The van der Waals surface area contributed by atoms with Gasteiger partial charge in [0, 0.05) is 6.42 Å². The lowest BCUT2D eigenvalue weighted by atomic mass is 10.1. The molecule has 1 rings (SSSR count). The summed E-state index contributed by atoms with van der Waals surface area (Å²) < 4.78 is 45.1. The molecule has 6 heteroatoms. The minimum atomic E-state index is -4.01. The van der Waals surface area contributed by atoms with Crippen LogP contribution in [0.25, 0.3) is 0 Å². The van der Waals surface area contributed by atoms with E-state index >= 15 is 0 Å². The van der Waals surface area contributed by atoms with E-state index in [1.165, 1.54) is 0 Å². The zero-order valence-corrected chi connectivity index (χ0v) is 11.0. The van der Waals surface area contributed by atoms with Crippen molar-refractivity contribution in [3.05, 3.63) is 0 Å². The molecule has 0 saturated carbocycles. The molecule has 1 atom stereocenters. The zero-order valence-electron chi connectivity index (χ0n) is 11.0. The molecule has 1 aliphatic heterocycles. The van der Waals surface area contributed by atoms with Gasteiger partial charge >= 0.3 is 12.3 Å². The summed E-state index contributed by atoms with van der Waals surface area (Å²) in [5, 5.41) is 0. The van der Waals surface area contributed by atoms with Crippen molar-refractivity contribution >= 4 is 6.16 Å². The smallest absolute Gasteiger partial charge is 0.430 e. The van der Waals surface area contributed by atoms with Gasteiger partial charge in [0.1, 0.15) is 12.7 Å². The molecule has 1 saturated heterocycles. The van der Waals surface area contributed by atoms with Gasteiger partial charge in [-0.25, -0.2) is 4.79 Å². The molecule has 0 amide bonds. The Balaban J connectivity index is 1.80. The normalized spacial score (nSPS) is 19.3. The maximum atomic E-state index is 11.9. The van der Waals surface area contributed by atoms with Gasteiger partial charge in [-0.05, 0) is 19.3 Å². The van der Waals surface area contributed by atoms with Crippen LogP contribution in [0.1, 0.15) is 57.8 Å². The molecule has 1 heterocycles. The van der Waals surface area contributed by atoms with Gasteiger partial charge in [0.2, 0.25) is 0 Å². The van der Waals surface area contributed by atoms with Crippen molar-refractivity contribution in [2.75, 3.05) is 6.61 Å². The van der Waals surface area contributed by atoms with Crippen molar-refractivity contribution in [3.63, 3.8) is 0 Å². The lowest BCUT2D eigenvalue weighted by Crippen LogP contribution is -2.09. The Morgan fingerprint density at radius 2 is 1.58 bits per heavy atom. The van der Waals surface area contributed by atoms with E-state index in [1.54, 1.807) is 0 Å². The van der Waals surface area contributed by atoms with Crippen LogP contribution in [0.2, 0.25) is 0 Å². The molecular weight excluding hydrogens is 261 g/mol. The monoisotopic (exact) mass is 282 g/mol. The number of hydrogen-bond acceptors (Lipinski definition) is 3. The van der Waals surface area contributed by atoms with Crippen LogP contribution in [-0.4, -0.2) is 25.0 Å². The van der Waals surface area contributed by atoms with Gasteiger partial charge < -0.3 is 9.47 Å². The Hall–Kier alpha value is -0.940. The first-order valence-electron chi connectivity index (χ1n) is 6.87. The van der Waals surface area contributed by atoms with E-state index in [4.69, 9.17) is 4.74 Å². The highest BCUT2D eigenvalue weighted by Crippen LogP contribution is 2.23. The van der Waals surface area contributed by atoms with Crippen LogP contribution in [0.4, 0.5) is 18.0 Å². The van der Waals surface area contributed by atoms with E-state index in [0.717, 1.165) is 38.5 Å². The molecule has 0 N–H and O–H groups in total. The molecule has 0 aromatic rings. The summed E-state index contributed by atoms with van der Waals surface area (Å²) in [6.45, 7) is 0.344. The van der Waals surface area contributed by atoms with E-state index in [0.29, 0.717) is 13.0 Å². The topological polar surface area (TPSA) is 35.5 Å². The molecule has 0 bridgehead atoms. The molecule has 3 nitrogen and oxygen atoms in total. The summed E-state index contributed by atoms with van der Waals surface area (Å²) in [5.74, 6) is 0. The van der Waals surface area contributed by atoms with Crippen molar-refractivity contribution in [1.29, 1.82) is 0 Å². The summed E-state index contributed by atoms with van der Waals surface area (Å²) in [4.78, 5) is 10.6. The second-order valence-electron chi connectivity index (χ2n) is 4.93. The predicted molar refractivity (Wildman–Crippen MR) is 63.8 cm³/mol. The largest absolute Gasteiger partial charge is 0.508 e. The molecule has 0 radical (unpaired) electrons. The molecule has 0 aromatic heterocycles. The van der Waals surface area contributed by atoms with E-state index in [9.17, 15) is 18.0 Å². The third kappa shape index (κ3) is 8.72. The minimum absolute atomic E-state index is 0.112.